The Morgan fingerprint density at radius 2 is 2.36 bits per heavy atom. The molecule has 0 aliphatic heterocycles. The van der Waals surface area contributed by atoms with E-state index in [0.717, 1.165) is 12.1 Å². The zero-order valence-corrected chi connectivity index (χ0v) is 6.12. The molecular weight excluding hydrogens is 134 g/mol. The highest BCUT2D eigenvalue weighted by Crippen LogP contribution is 2.19. The van der Waals surface area contributed by atoms with E-state index in [4.69, 9.17) is 0 Å². The maximum atomic E-state index is 4.22. The van der Waals surface area contributed by atoms with Gasteiger partial charge in [0.05, 0.1) is 0 Å². The number of hydrogen-bond donors (Lipinski definition) is 0. The number of aromatic nitrogens is 1. The van der Waals surface area contributed by atoms with Crippen LogP contribution in [0.1, 0.15) is 12.1 Å². The van der Waals surface area contributed by atoms with E-state index in [1.54, 1.807) is 0 Å². The lowest BCUT2D eigenvalue weighted by molar-refractivity contribution is 1.24. The zero-order valence-electron chi connectivity index (χ0n) is 6.12. The van der Waals surface area contributed by atoms with Crippen LogP contribution in [0.15, 0.2) is 36.5 Å². The highest BCUT2D eigenvalue weighted by atomic mass is 14.7. The van der Waals surface area contributed by atoms with Crippen LogP contribution in [-0.4, -0.2) is 4.98 Å². The van der Waals surface area contributed by atoms with Crippen LogP contribution < -0.4 is 0 Å². The van der Waals surface area contributed by atoms with Gasteiger partial charge in [0.15, 0.2) is 0 Å². The second-order valence-corrected chi connectivity index (χ2v) is 2.44. The SMILES string of the molecule is [C-]1=C(c2ccccn2)CC=C1. The molecule has 1 nitrogen and oxygen atoms in total. The second-order valence-electron chi connectivity index (χ2n) is 2.44. The van der Waals surface area contributed by atoms with E-state index in [1.807, 2.05) is 30.5 Å². The first-order valence-corrected chi connectivity index (χ1v) is 3.65. The molecule has 0 aromatic carbocycles. The van der Waals surface area contributed by atoms with Crippen LogP contribution in [0.4, 0.5) is 0 Å². The number of hydrogen-bond acceptors (Lipinski definition) is 1. The van der Waals surface area contributed by atoms with Gasteiger partial charge in [0.1, 0.15) is 0 Å². The first-order valence-electron chi connectivity index (χ1n) is 3.65. The van der Waals surface area contributed by atoms with E-state index in [1.165, 1.54) is 5.57 Å². The predicted molar refractivity (Wildman–Crippen MR) is 44.6 cm³/mol. The van der Waals surface area contributed by atoms with Gasteiger partial charge in [-0.3, -0.25) is 0 Å². The van der Waals surface area contributed by atoms with Crippen molar-refractivity contribution >= 4 is 5.57 Å². The quantitative estimate of drug-likeness (QED) is 0.548. The van der Waals surface area contributed by atoms with Gasteiger partial charge in [-0.05, 0) is 11.8 Å². The molecule has 0 amide bonds. The smallest absolute Gasteiger partial charge is 0.0124 e. The minimum atomic E-state index is 0.969. The molecular formula is C10H8N-. The highest BCUT2D eigenvalue weighted by molar-refractivity contribution is 5.65. The molecule has 1 aromatic heterocycles. The third kappa shape index (κ3) is 1.22. The first-order chi connectivity index (χ1) is 5.47. The number of rotatable bonds is 1. The van der Waals surface area contributed by atoms with Crippen molar-refractivity contribution in [1.82, 2.24) is 4.98 Å². The molecule has 0 saturated heterocycles. The third-order valence-corrected chi connectivity index (χ3v) is 1.67. The van der Waals surface area contributed by atoms with Crippen molar-refractivity contribution < 1.29 is 0 Å². The lowest BCUT2D eigenvalue weighted by atomic mass is 10.1. The Labute approximate surface area is 66.1 Å². The normalized spacial score (nSPS) is 15.1. The Morgan fingerprint density at radius 3 is 3.00 bits per heavy atom. The molecule has 0 saturated carbocycles. The third-order valence-electron chi connectivity index (χ3n) is 1.67. The summed E-state index contributed by atoms with van der Waals surface area (Å²) in [5.41, 5.74) is 2.23. The number of allylic oxidation sites excluding steroid dienone is 4. The minimum absolute atomic E-state index is 0.969. The van der Waals surface area contributed by atoms with Gasteiger partial charge in [0.25, 0.3) is 0 Å². The summed E-state index contributed by atoms with van der Waals surface area (Å²) in [5.74, 6) is 0. The predicted octanol–water partition coefficient (Wildman–Crippen LogP) is 2.23. The zero-order chi connectivity index (χ0) is 7.52. The molecule has 2 rings (SSSR count). The molecule has 0 fully saturated rings. The van der Waals surface area contributed by atoms with Gasteiger partial charge in [-0.25, -0.2) is 0 Å². The van der Waals surface area contributed by atoms with Crippen molar-refractivity contribution in [2.45, 2.75) is 6.42 Å². The maximum Gasteiger partial charge on any atom is 0.0124 e. The van der Waals surface area contributed by atoms with Crippen molar-refractivity contribution in [3.05, 3.63) is 48.3 Å². The van der Waals surface area contributed by atoms with Crippen molar-refractivity contribution in [3.8, 4) is 0 Å². The van der Waals surface area contributed by atoms with Crippen molar-refractivity contribution in [2.24, 2.45) is 0 Å². The lowest BCUT2D eigenvalue weighted by Crippen LogP contribution is -1.84. The molecule has 54 valence electrons. The summed E-state index contributed by atoms with van der Waals surface area (Å²) in [6.07, 6.45) is 9.96. The summed E-state index contributed by atoms with van der Waals surface area (Å²) in [7, 11) is 0. The molecule has 0 N–H and O–H groups in total. The van der Waals surface area contributed by atoms with Gasteiger partial charge in [0, 0.05) is 6.20 Å². The average molecular weight is 142 g/mol. The topological polar surface area (TPSA) is 12.9 Å². The molecule has 1 heterocycles. The Morgan fingerprint density at radius 1 is 1.36 bits per heavy atom. The van der Waals surface area contributed by atoms with Crippen LogP contribution in [0.25, 0.3) is 5.57 Å². The van der Waals surface area contributed by atoms with Crippen molar-refractivity contribution in [3.63, 3.8) is 0 Å². The van der Waals surface area contributed by atoms with Crippen molar-refractivity contribution in [2.75, 3.05) is 0 Å². The van der Waals surface area contributed by atoms with E-state index in [9.17, 15) is 0 Å². The van der Waals surface area contributed by atoms with E-state index in [0.29, 0.717) is 0 Å². The van der Waals surface area contributed by atoms with Gasteiger partial charge in [-0.2, -0.15) is 18.2 Å². The van der Waals surface area contributed by atoms with Crippen LogP contribution in [0.3, 0.4) is 0 Å². The monoisotopic (exact) mass is 142 g/mol. The van der Waals surface area contributed by atoms with Gasteiger partial charge < -0.3 is 4.98 Å². The molecule has 0 bridgehead atoms. The lowest BCUT2D eigenvalue weighted by Gasteiger charge is -2.06. The number of pyridine rings is 1. The van der Waals surface area contributed by atoms with Gasteiger partial charge in [-0.1, -0.05) is 18.6 Å². The molecule has 0 atom stereocenters. The Kier molecular flexibility index (Phi) is 1.56. The van der Waals surface area contributed by atoms with E-state index < -0.39 is 0 Å². The fraction of sp³-hybridized carbons (Fsp3) is 0.100. The molecule has 1 heteroatoms. The van der Waals surface area contributed by atoms with Crippen molar-refractivity contribution in [1.29, 1.82) is 0 Å². The summed E-state index contributed by atoms with van der Waals surface area (Å²) >= 11 is 0. The Hall–Kier alpha value is -1.37. The Balaban J connectivity index is 2.31. The molecule has 0 radical (unpaired) electrons. The van der Waals surface area contributed by atoms with Gasteiger partial charge >= 0.3 is 0 Å². The second kappa shape index (κ2) is 2.70. The van der Waals surface area contributed by atoms with Crippen LogP contribution in [-0.2, 0) is 0 Å². The summed E-state index contributed by atoms with van der Waals surface area (Å²) in [6.45, 7) is 0. The first kappa shape index (κ1) is 6.35. The average Bonchev–Trinajstić information content (AvgIpc) is 2.58. The summed E-state index contributed by atoms with van der Waals surface area (Å²) in [5, 5.41) is 0. The largest absolute Gasteiger partial charge is 0.320 e. The van der Waals surface area contributed by atoms with E-state index in [-0.39, 0.29) is 0 Å². The molecule has 0 unspecified atom stereocenters. The summed E-state index contributed by atoms with van der Waals surface area (Å²) in [4.78, 5) is 4.22. The molecule has 1 aliphatic rings. The standard InChI is InChI=1S/C10H8N/c1-2-6-9(5-1)10-7-3-4-8-11-10/h1-4,7-8H,5H2/q-1. The van der Waals surface area contributed by atoms with E-state index in [2.05, 4.69) is 17.1 Å². The molecule has 1 aromatic rings. The minimum Gasteiger partial charge on any atom is -0.320 e. The number of nitrogens with zero attached hydrogens (tertiary/aromatic N) is 1. The van der Waals surface area contributed by atoms with Crippen LogP contribution >= 0.6 is 0 Å². The van der Waals surface area contributed by atoms with Crippen LogP contribution in [0.2, 0.25) is 0 Å². The summed E-state index contributed by atoms with van der Waals surface area (Å²) in [6, 6.07) is 5.93. The van der Waals surface area contributed by atoms with Gasteiger partial charge in [0.2, 0.25) is 0 Å². The van der Waals surface area contributed by atoms with E-state index >= 15 is 0 Å². The molecule has 0 spiro atoms. The summed E-state index contributed by atoms with van der Waals surface area (Å²) < 4.78 is 0. The fourth-order valence-electron chi connectivity index (χ4n) is 1.12. The molecule has 11 heavy (non-hydrogen) atoms. The van der Waals surface area contributed by atoms with Crippen LogP contribution in [0, 0.1) is 6.08 Å². The van der Waals surface area contributed by atoms with Crippen LogP contribution in [0.5, 0.6) is 0 Å². The van der Waals surface area contributed by atoms with Gasteiger partial charge in [-0.15, -0.1) is 5.57 Å². The Bertz CT molecular complexity index is 296. The highest BCUT2D eigenvalue weighted by Gasteiger charge is 1.92. The fourth-order valence-corrected chi connectivity index (χ4v) is 1.12. The molecule has 1 aliphatic carbocycles. The maximum absolute atomic E-state index is 4.22.